The number of fused-ring (bicyclic) bond motifs is 1. The van der Waals surface area contributed by atoms with E-state index in [1.165, 1.54) is 0 Å². The van der Waals surface area contributed by atoms with Gasteiger partial charge in [-0.25, -0.2) is 0 Å². The maximum absolute atomic E-state index is 5.94. The fourth-order valence-corrected chi connectivity index (χ4v) is 1.87. The summed E-state index contributed by atoms with van der Waals surface area (Å²) >= 11 is 0. The summed E-state index contributed by atoms with van der Waals surface area (Å²) in [6.07, 6.45) is 2.97. The number of hydrogen-bond acceptors (Lipinski definition) is 4. The first-order chi connectivity index (χ1) is 7.73. The SMILES string of the molecule is CNc1ccc2c(c1)[CH]CC(NC)(NC)O2. The minimum atomic E-state index is -0.478. The van der Waals surface area contributed by atoms with Crippen LogP contribution in [0.25, 0.3) is 0 Å². The van der Waals surface area contributed by atoms with Crippen LogP contribution in [-0.2, 0) is 0 Å². The van der Waals surface area contributed by atoms with Crippen LogP contribution in [-0.4, -0.2) is 27.0 Å². The van der Waals surface area contributed by atoms with Gasteiger partial charge < -0.3 is 10.1 Å². The van der Waals surface area contributed by atoms with Crippen molar-refractivity contribution in [3.63, 3.8) is 0 Å². The zero-order chi connectivity index (χ0) is 11.6. The molecule has 0 saturated carbocycles. The van der Waals surface area contributed by atoms with Gasteiger partial charge in [-0.05, 0) is 32.3 Å². The lowest BCUT2D eigenvalue weighted by atomic mass is 10.0. The van der Waals surface area contributed by atoms with Crippen molar-refractivity contribution in [3.8, 4) is 5.75 Å². The Balaban J connectivity index is 2.28. The van der Waals surface area contributed by atoms with Crippen LogP contribution in [0.2, 0.25) is 0 Å². The van der Waals surface area contributed by atoms with E-state index in [0.717, 1.165) is 23.4 Å². The third-order valence-corrected chi connectivity index (χ3v) is 3.00. The van der Waals surface area contributed by atoms with Gasteiger partial charge in [-0.1, -0.05) is 0 Å². The monoisotopic (exact) mass is 220 g/mol. The van der Waals surface area contributed by atoms with Crippen molar-refractivity contribution in [3.05, 3.63) is 30.2 Å². The van der Waals surface area contributed by atoms with E-state index in [1.807, 2.05) is 33.3 Å². The fourth-order valence-electron chi connectivity index (χ4n) is 1.87. The second-order valence-electron chi connectivity index (χ2n) is 3.84. The smallest absolute Gasteiger partial charge is 0.217 e. The lowest BCUT2D eigenvalue weighted by Gasteiger charge is -2.37. The Kier molecular flexibility index (Phi) is 3.03. The van der Waals surface area contributed by atoms with Gasteiger partial charge in [0.2, 0.25) is 5.85 Å². The molecule has 16 heavy (non-hydrogen) atoms. The molecule has 87 valence electrons. The first-order valence-corrected chi connectivity index (χ1v) is 5.45. The zero-order valence-electron chi connectivity index (χ0n) is 9.92. The van der Waals surface area contributed by atoms with Gasteiger partial charge in [0.1, 0.15) is 5.75 Å². The van der Waals surface area contributed by atoms with Crippen LogP contribution in [0.1, 0.15) is 12.0 Å². The lowest BCUT2D eigenvalue weighted by molar-refractivity contribution is 0.00495. The van der Waals surface area contributed by atoms with Gasteiger partial charge in [-0.3, -0.25) is 10.6 Å². The van der Waals surface area contributed by atoms with Gasteiger partial charge in [0.15, 0.2) is 0 Å². The van der Waals surface area contributed by atoms with Crippen molar-refractivity contribution in [2.24, 2.45) is 0 Å². The number of hydrogen-bond donors (Lipinski definition) is 3. The Labute approximate surface area is 96.4 Å². The molecule has 0 unspecified atom stereocenters. The zero-order valence-corrected chi connectivity index (χ0v) is 9.92. The van der Waals surface area contributed by atoms with Crippen LogP contribution < -0.4 is 20.7 Å². The third kappa shape index (κ3) is 1.86. The van der Waals surface area contributed by atoms with Crippen molar-refractivity contribution < 1.29 is 4.74 Å². The number of ether oxygens (including phenoxy) is 1. The lowest BCUT2D eigenvalue weighted by Crippen LogP contribution is -2.59. The van der Waals surface area contributed by atoms with Gasteiger partial charge in [0, 0.05) is 31.1 Å². The molecule has 0 saturated heterocycles. The van der Waals surface area contributed by atoms with Gasteiger partial charge in [-0.2, -0.15) is 0 Å². The van der Waals surface area contributed by atoms with Crippen LogP contribution in [0.4, 0.5) is 5.69 Å². The van der Waals surface area contributed by atoms with E-state index < -0.39 is 5.85 Å². The highest BCUT2D eigenvalue weighted by Crippen LogP contribution is 2.33. The van der Waals surface area contributed by atoms with E-state index in [1.54, 1.807) is 0 Å². The van der Waals surface area contributed by atoms with Crippen molar-refractivity contribution in [2.75, 3.05) is 26.5 Å². The molecule has 0 aromatic heterocycles. The van der Waals surface area contributed by atoms with Crippen molar-refractivity contribution in [2.45, 2.75) is 12.3 Å². The molecule has 1 heterocycles. The molecular formula is C12H18N3O. The van der Waals surface area contributed by atoms with Crippen LogP contribution in [0.3, 0.4) is 0 Å². The summed E-state index contributed by atoms with van der Waals surface area (Å²) in [6.45, 7) is 0. The molecular weight excluding hydrogens is 202 g/mol. The molecule has 1 aliphatic rings. The van der Waals surface area contributed by atoms with Crippen LogP contribution in [0.15, 0.2) is 18.2 Å². The number of anilines is 1. The Hall–Kier alpha value is -1.26. The average molecular weight is 220 g/mol. The average Bonchev–Trinajstić information content (AvgIpc) is 2.37. The normalized spacial score (nSPS) is 17.4. The standard InChI is InChI=1S/C12H18N3O/c1-13-10-4-5-11-9(8-10)6-7-12(14-2,15-3)16-11/h4-6,8,13-15H,7H2,1-3H3. The van der Waals surface area contributed by atoms with Gasteiger partial charge >= 0.3 is 0 Å². The first kappa shape index (κ1) is 11.2. The first-order valence-electron chi connectivity index (χ1n) is 5.45. The Morgan fingerprint density at radius 2 is 1.94 bits per heavy atom. The fraction of sp³-hybridized carbons (Fsp3) is 0.417. The highest BCUT2D eigenvalue weighted by Gasteiger charge is 2.33. The number of nitrogens with one attached hydrogen (secondary N) is 3. The molecule has 1 aliphatic heterocycles. The Bertz CT molecular complexity index is 375. The number of rotatable bonds is 3. The number of benzene rings is 1. The molecule has 0 atom stereocenters. The summed E-state index contributed by atoms with van der Waals surface area (Å²) in [5.41, 5.74) is 2.23. The van der Waals surface area contributed by atoms with E-state index in [2.05, 4.69) is 28.4 Å². The Morgan fingerprint density at radius 3 is 2.56 bits per heavy atom. The molecule has 3 N–H and O–H groups in total. The summed E-state index contributed by atoms with van der Waals surface area (Å²) in [7, 11) is 5.69. The molecule has 0 amide bonds. The van der Waals surface area contributed by atoms with Crippen molar-refractivity contribution in [1.29, 1.82) is 0 Å². The predicted octanol–water partition coefficient (Wildman–Crippen LogP) is 1.16. The quantitative estimate of drug-likeness (QED) is 0.669. The molecule has 0 aliphatic carbocycles. The largest absolute Gasteiger partial charge is 0.459 e. The maximum Gasteiger partial charge on any atom is 0.217 e. The molecule has 1 aromatic rings. The highest BCUT2D eigenvalue weighted by molar-refractivity contribution is 5.54. The third-order valence-electron chi connectivity index (χ3n) is 3.00. The maximum atomic E-state index is 5.94. The summed E-state index contributed by atoms with van der Waals surface area (Å²) in [6, 6.07) is 6.08. The molecule has 0 spiro atoms. The summed E-state index contributed by atoms with van der Waals surface area (Å²) in [4.78, 5) is 0. The molecule has 0 fully saturated rings. The summed E-state index contributed by atoms with van der Waals surface area (Å²) < 4.78 is 5.94. The van der Waals surface area contributed by atoms with Gasteiger partial charge in [0.25, 0.3) is 0 Å². The van der Waals surface area contributed by atoms with Crippen LogP contribution >= 0.6 is 0 Å². The highest BCUT2D eigenvalue weighted by atomic mass is 16.5. The molecule has 1 radical (unpaired) electrons. The van der Waals surface area contributed by atoms with Gasteiger partial charge in [-0.15, -0.1) is 0 Å². The summed E-state index contributed by atoms with van der Waals surface area (Å²) in [5.74, 6) is 0.419. The topological polar surface area (TPSA) is 45.3 Å². The van der Waals surface area contributed by atoms with E-state index in [-0.39, 0.29) is 0 Å². The van der Waals surface area contributed by atoms with Gasteiger partial charge in [0.05, 0.1) is 0 Å². The second-order valence-corrected chi connectivity index (χ2v) is 3.84. The Morgan fingerprint density at radius 1 is 1.19 bits per heavy atom. The molecule has 4 nitrogen and oxygen atoms in total. The summed E-state index contributed by atoms with van der Waals surface area (Å²) in [5, 5.41) is 9.43. The van der Waals surface area contributed by atoms with E-state index in [4.69, 9.17) is 4.74 Å². The molecule has 4 heteroatoms. The van der Waals surface area contributed by atoms with Crippen molar-refractivity contribution in [1.82, 2.24) is 10.6 Å². The predicted molar refractivity (Wildman–Crippen MR) is 65.5 cm³/mol. The minimum Gasteiger partial charge on any atom is -0.459 e. The van der Waals surface area contributed by atoms with Crippen molar-refractivity contribution >= 4 is 5.69 Å². The van der Waals surface area contributed by atoms with E-state index >= 15 is 0 Å². The molecule has 0 bridgehead atoms. The minimum absolute atomic E-state index is 0.478. The van der Waals surface area contributed by atoms with Crippen LogP contribution in [0, 0.1) is 6.42 Å². The van der Waals surface area contributed by atoms with E-state index in [0.29, 0.717) is 0 Å². The van der Waals surface area contributed by atoms with Crippen LogP contribution in [0.5, 0.6) is 5.75 Å². The molecule has 2 rings (SSSR count). The second kappa shape index (κ2) is 4.31. The van der Waals surface area contributed by atoms with E-state index in [9.17, 15) is 0 Å². The molecule has 1 aromatic carbocycles.